The van der Waals surface area contributed by atoms with E-state index < -0.39 is 11.6 Å². The molecular formula is C20H31NO4. The van der Waals surface area contributed by atoms with Crippen LogP contribution in [0.4, 0.5) is 0 Å². The van der Waals surface area contributed by atoms with Crippen molar-refractivity contribution >= 4 is 17.7 Å². The van der Waals surface area contributed by atoms with E-state index in [1.807, 2.05) is 20.8 Å². The average Bonchev–Trinajstić information content (AvgIpc) is 3.00. The van der Waals surface area contributed by atoms with Gasteiger partial charge in [-0.3, -0.25) is 9.79 Å². The zero-order chi connectivity index (χ0) is 18.4. The van der Waals surface area contributed by atoms with Crippen LogP contribution in [-0.4, -0.2) is 36.4 Å². The van der Waals surface area contributed by atoms with E-state index in [1.54, 1.807) is 0 Å². The Morgan fingerprint density at radius 2 is 1.96 bits per heavy atom. The second-order valence-corrected chi connectivity index (χ2v) is 9.14. The lowest BCUT2D eigenvalue weighted by Crippen LogP contribution is -2.56. The number of hydrogen-bond acceptors (Lipinski definition) is 5. The van der Waals surface area contributed by atoms with Crippen molar-refractivity contribution in [3.63, 3.8) is 0 Å². The number of ether oxygens (including phenoxy) is 2. The summed E-state index contributed by atoms with van der Waals surface area (Å²) in [5, 5.41) is 0. The van der Waals surface area contributed by atoms with Crippen molar-refractivity contribution in [2.24, 2.45) is 28.2 Å². The highest BCUT2D eigenvalue weighted by Crippen LogP contribution is 2.59. The topological polar surface area (TPSA) is 65.0 Å². The predicted molar refractivity (Wildman–Crippen MR) is 95.4 cm³/mol. The van der Waals surface area contributed by atoms with Crippen molar-refractivity contribution < 1.29 is 19.1 Å². The molecule has 5 heteroatoms. The van der Waals surface area contributed by atoms with E-state index in [0.717, 1.165) is 43.7 Å². The number of rotatable bonds is 4. The van der Waals surface area contributed by atoms with E-state index in [2.05, 4.69) is 6.92 Å². The van der Waals surface area contributed by atoms with Gasteiger partial charge in [-0.05, 0) is 58.8 Å². The van der Waals surface area contributed by atoms with Crippen LogP contribution in [0, 0.1) is 23.2 Å². The Morgan fingerprint density at radius 3 is 2.44 bits per heavy atom. The first-order chi connectivity index (χ1) is 11.7. The summed E-state index contributed by atoms with van der Waals surface area (Å²) in [7, 11) is 1.41. The maximum atomic E-state index is 12.9. The fraction of sp³-hybridized carbons (Fsp3) is 0.850. The van der Waals surface area contributed by atoms with Gasteiger partial charge in [0.1, 0.15) is 5.60 Å². The maximum absolute atomic E-state index is 12.9. The second kappa shape index (κ2) is 6.40. The van der Waals surface area contributed by atoms with Crippen LogP contribution in [-0.2, 0) is 19.1 Å². The first kappa shape index (κ1) is 18.4. The first-order valence-corrected chi connectivity index (χ1v) is 9.53. The van der Waals surface area contributed by atoms with Gasteiger partial charge in [-0.2, -0.15) is 0 Å². The molecule has 3 saturated carbocycles. The Balaban J connectivity index is 1.85. The van der Waals surface area contributed by atoms with Crippen molar-refractivity contribution in [1.82, 2.24) is 0 Å². The highest BCUT2D eigenvalue weighted by atomic mass is 16.6. The van der Waals surface area contributed by atoms with Gasteiger partial charge in [0.15, 0.2) is 6.04 Å². The number of aliphatic imine (C=N–C) groups is 1. The largest absolute Gasteiger partial charge is 0.469 e. The summed E-state index contributed by atoms with van der Waals surface area (Å²) in [6.45, 7) is 7.86. The van der Waals surface area contributed by atoms with Gasteiger partial charge >= 0.3 is 11.9 Å². The van der Waals surface area contributed by atoms with Crippen LogP contribution >= 0.6 is 0 Å². The number of esters is 2. The van der Waals surface area contributed by atoms with Crippen LogP contribution in [0.1, 0.15) is 66.2 Å². The number of hydrogen-bond donors (Lipinski definition) is 0. The molecule has 0 N–H and O–H groups in total. The lowest BCUT2D eigenvalue weighted by atomic mass is 9.47. The molecule has 5 nitrogen and oxygen atoms in total. The lowest BCUT2D eigenvalue weighted by Gasteiger charge is -2.57. The normalized spacial score (nSPS) is 36.8. The molecule has 25 heavy (non-hydrogen) atoms. The number of fused-ring (bicyclic) bond motifs is 1. The first-order valence-electron chi connectivity index (χ1n) is 9.53. The van der Waals surface area contributed by atoms with Crippen LogP contribution in [0.25, 0.3) is 0 Å². The monoisotopic (exact) mass is 349 g/mol. The van der Waals surface area contributed by atoms with Gasteiger partial charge in [0.05, 0.1) is 13.0 Å². The van der Waals surface area contributed by atoms with Crippen LogP contribution in [0.2, 0.25) is 0 Å². The minimum atomic E-state index is -0.584. The summed E-state index contributed by atoms with van der Waals surface area (Å²) in [4.78, 5) is 30.0. The lowest BCUT2D eigenvalue weighted by molar-refractivity contribution is -0.159. The van der Waals surface area contributed by atoms with Gasteiger partial charge in [0.25, 0.3) is 0 Å². The number of methoxy groups -OCH3 is 1. The Morgan fingerprint density at radius 1 is 1.24 bits per heavy atom. The van der Waals surface area contributed by atoms with Crippen LogP contribution in [0.5, 0.6) is 0 Å². The minimum Gasteiger partial charge on any atom is -0.469 e. The molecule has 0 aromatic rings. The molecule has 0 aliphatic heterocycles. The van der Waals surface area contributed by atoms with Crippen molar-refractivity contribution in [2.45, 2.75) is 77.9 Å². The molecule has 3 aliphatic carbocycles. The summed E-state index contributed by atoms with van der Waals surface area (Å²) >= 11 is 0. The quantitative estimate of drug-likeness (QED) is 0.728. The van der Waals surface area contributed by atoms with Crippen molar-refractivity contribution in [2.75, 3.05) is 7.11 Å². The Hall–Kier alpha value is -1.39. The highest BCUT2D eigenvalue weighted by molar-refractivity contribution is 5.99. The molecule has 0 amide bonds. The van der Waals surface area contributed by atoms with Gasteiger partial charge in [0.2, 0.25) is 0 Å². The fourth-order valence-electron chi connectivity index (χ4n) is 4.69. The number of carbonyl (C=O) groups excluding carboxylic acids is 2. The predicted octanol–water partition coefficient (Wildman–Crippen LogP) is 3.55. The van der Waals surface area contributed by atoms with E-state index in [9.17, 15) is 9.59 Å². The van der Waals surface area contributed by atoms with Gasteiger partial charge < -0.3 is 9.47 Å². The molecule has 3 fully saturated rings. The van der Waals surface area contributed by atoms with Crippen LogP contribution in [0.15, 0.2) is 4.99 Å². The third-order valence-corrected chi connectivity index (χ3v) is 6.43. The average molecular weight is 349 g/mol. The molecule has 0 saturated heterocycles. The summed E-state index contributed by atoms with van der Waals surface area (Å²) < 4.78 is 10.6. The smallest absolute Gasteiger partial charge is 0.331 e. The highest BCUT2D eigenvalue weighted by Gasteiger charge is 2.56. The third-order valence-electron chi connectivity index (χ3n) is 6.43. The molecule has 3 unspecified atom stereocenters. The van der Waals surface area contributed by atoms with Crippen molar-refractivity contribution in [1.29, 1.82) is 0 Å². The molecule has 0 aromatic carbocycles. The minimum absolute atomic E-state index is 0.113. The molecule has 0 radical (unpaired) electrons. The van der Waals surface area contributed by atoms with E-state index in [-0.39, 0.29) is 29.2 Å². The number of nitrogens with zero attached hydrogens (tertiary/aromatic N) is 1. The molecule has 3 aliphatic rings. The van der Waals surface area contributed by atoms with Crippen molar-refractivity contribution in [3.8, 4) is 0 Å². The zero-order valence-electron chi connectivity index (χ0n) is 16.1. The van der Waals surface area contributed by atoms with E-state index in [4.69, 9.17) is 14.5 Å². The van der Waals surface area contributed by atoms with E-state index in [0.29, 0.717) is 0 Å². The second-order valence-electron chi connectivity index (χ2n) is 9.14. The third kappa shape index (κ3) is 3.34. The molecule has 140 valence electrons. The Kier molecular flexibility index (Phi) is 4.71. The summed E-state index contributed by atoms with van der Waals surface area (Å²) in [6, 6.07) is -0.584. The maximum Gasteiger partial charge on any atom is 0.331 e. The molecule has 0 spiro atoms. The Bertz CT molecular complexity index is 591. The molecule has 0 bridgehead atoms. The molecule has 3 rings (SSSR count). The van der Waals surface area contributed by atoms with Crippen LogP contribution in [0.3, 0.4) is 0 Å². The molecule has 0 aromatic heterocycles. The molecule has 0 heterocycles. The zero-order valence-corrected chi connectivity index (χ0v) is 16.1. The summed E-state index contributed by atoms with van der Waals surface area (Å²) in [5.41, 5.74) is 0.770. The molecule has 5 atom stereocenters. The summed E-state index contributed by atoms with van der Waals surface area (Å²) in [5.74, 6) is -0.162. The van der Waals surface area contributed by atoms with Gasteiger partial charge in [-0.25, -0.2) is 4.79 Å². The standard InChI is InChI=1S/C20H31NO4/c1-19(2,3)25-18(23)16(13-7-6-8-14(13)17(22)24-5)21-15-11-12-9-10-20(12,15)4/h12-14,16H,6-11H2,1-5H3/t12?,13-,14+,16?,20?/m0/s1. The Labute approximate surface area is 150 Å². The molecular weight excluding hydrogens is 318 g/mol. The van der Waals surface area contributed by atoms with Gasteiger partial charge in [0, 0.05) is 17.0 Å². The van der Waals surface area contributed by atoms with Crippen molar-refractivity contribution in [3.05, 3.63) is 0 Å². The van der Waals surface area contributed by atoms with E-state index in [1.165, 1.54) is 13.5 Å². The number of carbonyl (C=O) groups is 2. The van der Waals surface area contributed by atoms with Gasteiger partial charge in [-0.15, -0.1) is 0 Å². The fourth-order valence-corrected chi connectivity index (χ4v) is 4.69. The SMILES string of the molecule is COC(=O)[C@@H]1CCC[C@@H]1C(N=C1CC2CCC12C)C(=O)OC(C)(C)C. The summed E-state index contributed by atoms with van der Waals surface area (Å²) in [6.07, 6.45) is 5.92. The van der Waals surface area contributed by atoms with Crippen LogP contribution < -0.4 is 0 Å². The van der Waals surface area contributed by atoms with E-state index >= 15 is 0 Å². The van der Waals surface area contributed by atoms with Gasteiger partial charge in [-0.1, -0.05) is 13.3 Å².